The van der Waals surface area contributed by atoms with Gasteiger partial charge in [-0.2, -0.15) is 5.26 Å². The van der Waals surface area contributed by atoms with E-state index in [1.807, 2.05) is 13.0 Å². The highest BCUT2D eigenvalue weighted by Gasteiger charge is 2.19. The van der Waals surface area contributed by atoms with Crippen LogP contribution in [-0.4, -0.2) is 37.3 Å². The van der Waals surface area contributed by atoms with Crippen molar-refractivity contribution in [1.29, 1.82) is 5.26 Å². The van der Waals surface area contributed by atoms with Gasteiger partial charge in [-0.05, 0) is 12.8 Å². The fourth-order valence-electron chi connectivity index (χ4n) is 3.17. The van der Waals surface area contributed by atoms with Crippen LogP contribution < -0.4 is 16.6 Å². The number of hydrogen-bond acceptors (Lipinski definition) is 7. The minimum absolute atomic E-state index is 0.0584. The molecule has 0 aromatic carbocycles. The lowest BCUT2D eigenvalue weighted by Crippen LogP contribution is -2.39. The number of thioether (sulfide) groups is 1. The van der Waals surface area contributed by atoms with E-state index in [0.717, 1.165) is 42.0 Å². The molecule has 0 aliphatic rings. The predicted molar refractivity (Wildman–Crippen MR) is 121 cm³/mol. The van der Waals surface area contributed by atoms with Crippen molar-refractivity contribution >= 4 is 28.7 Å². The van der Waals surface area contributed by atoms with E-state index in [2.05, 4.69) is 22.2 Å². The molecule has 0 unspecified atom stereocenters. The molecule has 9 nitrogen and oxygen atoms in total. The van der Waals surface area contributed by atoms with E-state index < -0.39 is 11.2 Å². The van der Waals surface area contributed by atoms with Crippen molar-refractivity contribution in [2.45, 2.75) is 70.4 Å². The smallest absolute Gasteiger partial charge is 0.332 e. The number of aryl methyl sites for hydroxylation is 2. The zero-order chi connectivity index (χ0) is 22.8. The van der Waals surface area contributed by atoms with Gasteiger partial charge in [-0.15, -0.1) is 0 Å². The summed E-state index contributed by atoms with van der Waals surface area (Å²) in [6.07, 6.45) is 5.81. The number of rotatable bonds is 12. The molecule has 0 atom stereocenters. The Hall–Kier alpha value is -2.67. The van der Waals surface area contributed by atoms with Crippen LogP contribution in [0.3, 0.4) is 0 Å². The fourth-order valence-corrected chi connectivity index (χ4v) is 4.04. The molecule has 2 aromatic rings. The van der Waals surface area contributed by atoms with E-state index in [1.165, 1.54) is 11.6 Å². The van der Waals surface area contributed by atoms with Crippen LogP contribution in [0.4, 0.5) is 0 Å². The number of amides is 1. The molecule has 0 fully saturated rings. The molecule has 168 valence electrons. The summed E-state index contributed by atoms with van der Waals surface area (Å²) in [5.41, 5.74) is -0.528. The van der Waals surface area contributed by atoms with Crippen LogP contribution in [0, 0.1) is 11.3 Å². The molecule has 1 N–H and O–H groups in total. The molecule has 2 heterocycles. The van der Waals surface area contributed by atoms with Gasteiger partial charge in [-0.3, -0.25) is 18.7 Å². The topological polar surface area (TPSA) is 123 Å². The van der Waals surface area contributed by atoms with Crippen LogP contribution in [0.2, 0.25) is 0 Å². The zero-order valence-electron chi connectivity index (χ0n) is 18.4. The normalized spacial score (nSPS) is 10.9. The van der Waals surface area contributed by atoms with Crippen LogP contribution in [0.1, 0.15) is 58.2 Å². The molecule has 2 aromatic heterocycles. The Kier molecular flexibility index (Phi) is 9.72. The van der Waals surface area contributed by atoms with Gasteiger partial charge in [0.1, 0.15) is 16.2 Å². The van der Waals surface area contributed by atoms with E-state index in [9.17, 15) is 14.4 Å². The Morgan fingerprint density at radius 2 is 1.94 bits per heavy atom. The predicted octanol–water partition coefficient (Wildman–Crippen LogP) is 2.14. The third kappa shape index (κ3) is 6.40. The number of aromatic nitrogens is 4. The SMILES string of the molecule is CCCCCCc1nc(SCC(=O)NCCC#N)c2c(=O)n(C)c(=O)n(CCC)c2n1. The summed E-state index contributed by atoms with van der Waals surface area (Å²) < 4.78 is 2.59. The third-order valence-corrected chi connectivity index (χ3v) is 5.77. The molecule has 0 bridgehead atoms. The Bertz CT molecular complexity index is 1070. The molecule has 0 saturated carbocycles. The maximum atomic E-state index is 12.9. The first-order valence-corrected chi connectivity index (χ1v) is 11.7. The van der Waals surface area contributed by atoms with Gasteiger partial charge >= 0.3 is 5.69 Å². The van der Waals surface area contributed by atoms with E-state index in [-0.39, 0.29) is 30.0 Å². The lowest BCUT2D eigenvalue weighted by Gasteiger charge is -2.14. The number of unbranched alkanes of at least 4 members (excludes halogenated alkanes) is 3. The molecule has 31 heavy (non-hydrogen) atoms. The van der Waals surface area contributed by atoms with Crippen LogP contribution >= 0.6 is 11.8 Å². The summed E-state index contributed by atoms with van der Waals surface area (Å²) >= 11 is 1.15. The average molecular weight is 447 g/mol. The van der Waals surface area contributed by atoms with Gasteiger partial charge in [0.05, 0.1) is 18.2 Å². The molecule has 0 aliphatic heterocycles. The molecule has 0 aliphatic carbocycles. The van der Waals surface area contributed by atoms with Crippen molar-refractivity contribution in [1.82, 2.24) is 24.4 Å². The molecule has 2 rings (SSSR count). The van der Waals surface area contributed by atoms with Crippen molar-refractivity contribution in [3.05, 3.63) is 26.7 Å². The average Bonchev–Trinajstić information content (AvgIpc) is 2.76. The third-order valence-electron chi connectivity index (χ3n) is 4.80. The number of nitriles is 1. The number of carbonyl (C=O) groups excluding carboxylic acids is 1. The van der Waals surface area contributed by atoms with E-state index in [1.54, 1.807) is 0 Å². The number of nitrogens with one attached hydrogen (secondary N) is 1. The molecule has 0 spiro atoms. The first kappa shape index (κ1) is 24.6. The second-order valence-electron chi connectivity index (χ2n) is 7.30. The van der Waals surface area contributed by atoms with Gasteiger partial charge in [0.15, 0.2) is 5.65 Å². The second-order valence-corrected chi connectivity index (χ2v) is 8.26. The monoisotopic (exact) mass is 446 g/mol. The molecular weight excluding hydrogens is 416 g/mol. The quantitative estimate of drug-likeness (QED) is 0.301. The van der Waals surface area contributed by atoms with Crippen molar-refractivity contribution in [2.24, 2.45) is 7.05 Å². The Balaban J connectivity index is 2.48. The van der Waals surface area contributed by atoms with Gasteiger partial charge < -0.3 is 5.32 Å². The number of fused-ring (bicyclic) bond motifs is 1. The first-order valence-electron chi connectivity index (χ1n) is 10.7. The summed E-state index contributed by atoms with van der Waals surface area (Å²) in [5, 5.41) is 11.9. The minimum Gasteiger partial charge on any atom is -0.354 e. The maximum absolute atomic E-state index is 12.9. The molecule has 1 amide bonds. The standard InChI is InChI=1S/C21H30N6O3S/c1-4-6-7-8-10-15-24-18-17(20(29)26(3)21(30)27(18)13-5-2)19(25-15)31-14-16(28)23-12-9-11-22/h4-10,12-14H2,1-3H3,(H,23,28). The van der Waals surface area contributed by atoms with Crippen molar-refractivity contribution < 1.29 is 4.79 Å². The van der Waals surface area contributed by atoms with Gasteiger partial charge in [0.25, 0.3) is 5.56 Å². The van der Waals surface area contributed by atoms with Crippen LogP contribution in [0.15, 0.2) is 14.6 Å². The Morgan fingerprint density at radius 1 is 1.16 bits per heavy atom. The van der Waals surface area contributed by atoms with Gasteiger partial charge in [0.2, 0.25) is 5.91 Å². The molecule has 0 radical (unpaired) electrons. The van der Waals surface area contributed by atoms with Crippen LogP contribution in [-0.2, 0) is 24.8 Å². The highest BCUT2D eigenvalue weighted by atomic mass is 32.2. The number of hydrogen-bond donors (Lipinski definition) is 1. The van der Waals surface area contributed by atoms with E-state index in [0.29, 0.717) is 35.9 Å². The Morgan fingerprint density at radius 3 is 2.61 bits per heavy atom. The molecule has 10 heteroatoms. The van der Waals surface area contributed by atoms with Crippen LogP contribution in [0.5, 0.6) is 0 Å². The first-order chi connectivity index (χ1) is 14.9. The van der Waals surface area contributed by atoms with Crippen molar-refractivity contribution in [2.75, 3.05) is 12.3 Å². The molecule has 0 saturated heterocycles. The summed E-state index contributed by atoms with van der Waals surface area (Å²) in [6, 6.07) is 1.98. The highest BCUT2D eigenvalue weighted by molar-refractivity contribution is 8.00. The fraction of sp³-hybridized carbons (Fsp3) is 0.619. The second kappa shape index (κ2) is 12.2. The van der Waals surface area contributed by atoms with E-state index in [4.69, 9.17) is 5.26 Å². The lowest BCUT2D eigenvalue weighted by molar-refractivity contribution is -0.118. The number of nitrogens with zero attached hydrogens (tertiary/aromatic N) is 5. The highest BCUT2D eigenvalue weighted by Crippen LogP contribution is 2.23. The summed E-state index contributed by atoms with van der Waals surface area (Å²) in [5.74, 6) is 0.395. The zero-order valence-corrected chi connectivity index (χ0v) is 19.3. The lowest BCUT2D eigenvalue weighted by atomic mass is 10.1. The van der Waals surface area contributed by atoms with Gasteiger partial charge in [0, 0.05) is 26.6 Å². The Labute approximate surface area is 185 Å². The summed E-state index contributed by atoms with van der Waals surface area (Å²) in [7, 11) is 1.44. The maximum Gasteiger partial charge on any atom is 0.332 e. The van der Waals surface area contributed by atoms with Crippen LogP contribution in [0.25, 0.3) is 11.0 Å². The van der Waals surface area contributed by atoms with Gasteiger partial charge in [-0.1, -0.05) is 44.9 Å². The summed E-state index contributed by atoms with van der Waals surface area (Å²) in [6.45, 7) is 4.81. The van der Waals surface area contributed by atoms with Gasteiger partial charge in [-0.25, -0.2) is 14.8 Å². The minimum atomic E-state index is -0.461. The van der Waals surface area contributed by atoms with Crippen molar-refractivity contribution in [3.63, 3.8) is 0 Å². The van der Waals surface area contributed by atoms with Crippen molar-refractivity contribution in [3.8, 4) is 6.07 Å². The molecular formula is C21H30N6O3S. The summed E-state index contributed by atoms with van der Waals surface area (Å²) in [4.78, 5) is 46.9. The van der Waals surface area contributed by atoms with E-state index >= 15 is 0 Å². The number of carbonyl (C=O) groups is 1. The largest absolute Gasteiger partial charge is 0.354 e.